The van der Waals surface area contributed by atoms with Gasteiger partial charge < -0.3 is 5.73 Å². The van der Waals surface area contributed by atoms with E-state index in [2.05, 4.69) is 10.2 Å². The van der Waals surface area contributed by atoms with Gasteiger partial charge in [-0.05, 0) is 24.3 Å². The molecule has 0 radical (unpaired) electrons. The zero-order valence-electron chi connectivity index (χ0n) is 8.84. The first-order chi connectivity index (χ1) is 8.25. The maximum Gasteiger partial charge on any atom is 0.171 e. The molecule has 0 spiro atoms. The molecule has 0 aliphatic heterocycles. The quantitative estimate of drug-likeness (QED) is 0.694. The third-order valence-electron chi connectivity index (χ3n) is 2.54. The van der Waals surface area contributed by atoms with Crippen LogP contribution in [0.25, 0.3) is 17.0 Å². The van der Waals surface area contributed by atoms with Gasteiger partial charge in [-0.15, -0.1) is 10.2 Å². The molecule has 2 N–H and O–H groups in total. The molecule has 5 heteroatoms. The predicted octanol–water partition coefficient (Wildman–Crippen LogP) is 2.12. The van der Waals surface area contributed by atoms with Crippen LogP contribution in [0.3, 0.4) is 0 Å². The topological polar surface area (TPSA) is 56.2 Å². The summed E-state index contributed by atoms with van der Waals surface area (Å²) in [6, 6.07) is 9.92. The Labute approximate surface area is 96.5 Å². The number of nitrogen functional groups attached to an aromatic ring is 1. The highest BCUT2D eigenvalue weighted by Gasteiger charge is 2.11. The number of benzene rings is 1. The second-order valence-corrected chi connectivity index (χ2v) is 3.69. The molecular formula is C12H9FN4. The Balaban J connectivity index is 2.31. The first kappa shape index (κ1) is 9.77. The number of nitrogens with two attached hydrogens (primary N) is 1. The average molecular weight is 228 g/mol. The van der Waals surface area contributed by atoms with E-state index < -0.39 is 0 Å². The monoisotopic (exact) mass is 228 g/mol. The predicted molar refractivity (Wildman–Crippen MR) is 62.8 cm³/mol. The van der Waals surface area contributed by atoms with Crippen molar-refractivity contribution >= 4 is 11.3 Å². The van der Waals surface area contributed by atoms with E-state index in [9.17, 15) is 4.39 Å². The first-order valence-corrected chi connectivity index (χ1v) is 5.11. The number of halogens is 1. The summed E-state index contributed by atoms with van der Waals surface area (Å²) in [5.41, 5.74) is 7.32. The normalized spacial score (nSPS) is 10.9. The van der Waals surface area contributed by atoms with Crippen molar-refractivity contribution in [2.45, 2.75) is 0 Å². The number of anilines is 1. The molecule has 0 saturated carbocycles. The van der Waals surface area contributed by atoms with Crippen LogP contribution in [0.5, 0.6) is 0 Å². The molecule has 3 aromatic rings. The van der Waals surface area contributed by atoms with Gasteiger partial charge in [-0.3, -0.25) is 4.40 Å². The van der Waals surface area contributed by atoms with Gasteiger partial charge in [-0.2, -0.15) is 0 Å². The summed E-state index contributed by atoms with van der Waals surface area (Å²) in [7, 11) is 0. The molecule has 0 fully saturated rings. The molecule has 0 aliphatic rings. The second-order valence-electron chi connectivity index (χ2n) is 3.69. The van der Waals surface area contributed by atoms with Gasteiger partial charge in [0.25, 0.3) is 0 Å². The minimum Gasteiger partial charge on any atom is -0.398 e. The van der Waals surface area contributed by atoms with Crippen molar-refractivity contribution in [1.29, 1.82) is 0 Å². The summed E-state index contributed by atoms with van der Waals surface area (Å²) in [5, 5.41) is 7.95. The third kappa shape index (κ3) is 1.52. The van der Waals surface area contributed by atoms with Crippen LogP contribution in [-0.4, -0.2) is 14.6 Å². The van der Waals surface area contributed by atoms with Crippen molar-refractivity contribution in [3.63, 3.8) is 0 Å². The number of hydrogen-bond donors (Lipinski definition) is 1. The van der Waals surface area contributed by atoms with E-state index >= 15 is 0 Å². The van der Waals surface area contributed by atoms with Crippen molar-refractivity contribution in [3.05, 3.63) is 48.4 Å². The molecule has 0 amide bonds. The van der Waals surface area contributed by atoms with Gasteiger partial charge in [0.2, 0.25) is 0 Å². The van der Waals surface area contributed by atoms with E-state index in [0.717, 1.165) is 0 Å². The fourth-order valence-corrected chi connectivity index (χ4v) is 1.73. The van der Waals surface area contributed by atoms with Crippen LogP contribution in [0.15, 0.2) is 42.6 Å². The third-order valence-corrected chi connectivity index (χ3v) is 2.54. The molecule has 1 aromatic carbocycles. The lowest BCUT2D eigenvalue weighted by molar-refractivity contribution is 0.629. The number of rotatable bonds is 1. The molecule has 0 aliphatic carbocycles. The fraction of sp³-hybridized carbons (Fsp3) is 0. The Bertz CT molecular complexity index is 690. The second kappa shape index (κ2) is 3.55. The molecule has 0 atom stereocenters. The molecular weight excluding hydrogens is 219 g/mol. The molecule has 4 nitrogen and oxygen atoms in total. The molecule has 84 valence electrons. The van der Waals surface area contributed by atoms with Crippen molar-refractivity contribution in [2.75, 3.05) is 5.73 Å². The lowest BCUT2D eigenvalue weighted by Crippen LogP contribution is -1.94. The first-order valence-electron chi connectivity index (χ1n) is 5.11. The van der Waals surface area contributed by atoms with Gasteiger partial charge in [0.15, 0.2) is 11.5 Å². The van der Waals surface area contributed by atoms with E-state index in [1.807, 2.05) is 0 Å². The Kier molecular flexibility index (Phi) is 2.04. The SMILES string of the molecule is Nc1ccc2nnc(-c3ccccc3F)n2c1. The van der Waals surface area contributed by atoms with Gasteiger partial charge in [0, 0.05) is 11.9 Å². The number of nitrogens with zero attached hydrogens (tertiary/aromatic N) is 3. The summed E-state index contributed by atoms with van der Waals surface area (Å²) in [6.07, 6.45) is 1.68. The summed E-state index contributed by atoms with van der Waals surface area (Å²) in [4.78, 5) is 0. The van der Waals surface area contributed by atoms with Crippen molar-refractivity contribution in [3.8, 4) is 11.4 Å². The molecule has 0 unspecified atom stereocenters. The van der Waals surface area contributed by atoms with Gasteiger partial charge in [-0.25, -0.2) is 4.39 Å². The van der Waals surface area contributed by atoms with Gasteiger partial charge in [0.05, 0.1) is 5.56 Å². The lowest BCUT2D eigenvalue weighted by atomic mass is 10.2. The van der Waals surface area contributed by atoms with Gasteiger partial charge in [0.1, 0.15) is 5.82 Å². The summed E-state index contributed by atoms with van der Waals surface area (Å²) < 4.78 is 15.3. The Hall–Kier alpha value is -2.43. The smallest absolute Gasteiger partial charge is 0.171 e. The highest BCUT2D eigenvalue weighted by Crippen LogP contribution is 2.21. The number of pyridine rings is 1. The highest BCUT2D eigenvalue weighted by atomic mass is 19.1. The number of fused-ring (bicyclic) bond motifs is 1. The maximum atomic E-state index is 13.7. The highest BCUT2D eigenvalue weighted by molar-refractivity contribution is 5.61. The van der Waals surface area contributed by atoms with E-state index in [-0.39, 0.29) is 5.82 Å². The van der Waals surface area contributed by atoms with E-state index in [1.165, 1.54) is 6.07 Å². The van der Waals surface area contributed by atoms with E-state index in [0.29, 0.717) is 22.7 Å². The lowest BCUT2D eigenvalue weighted by Gasteiger charge is -2.01. The van der Waals surface area contributed by atoms with Crippen LogP contribution < -0.4 is 5.73 Å². The van der Waals surface area contributed by atoms with Crippen LogP contribution in [0.2, 0.25) is 0 Å². The minimum atomic E-state index is -0.329. The molecule has 0 bridgehead atoms. The van der Waals surface area contributed by atoms with Crippen molar-refractivity contribution in [2.24, 2.45) is 0 Å². The van der Waals surface area contributed by atoms with Gasteiger partial charge >= 0.3 is 0 Å². The van der Waals surface area contributed by atoms with Crippen LogP contribution in [0, 0.1) is 5.82 Å². The maximum absolute atomic E-state index is 13.7. The Morgan fingerprint density at radius 1 is 1.06 bits per heavy atom. The largest absolute Gasteiger partial charge is 0.398 e. The number of aromatic nitrogens is 3. The Morgan fingerprint density at radius 2 is 1.88 bits per heavy atom. The van der Waals surface area contributed by atoms with Crippen LogP contribution in [0.4, 0.5) is 10.1 Å². The number of hydrogen-bond acceptors (Lipinski definition) is 3. The van der Waals surface area contributed by atoms with Crippen LogP contribution >= 0.6 is 0 Å². The zero-order chi connectivity index (χ0) is 11.8. The summed E-state index contributed by atoms with van der Waals surface area (Å²) >= 11 is 0. The van der Waals surface area contributed by atoms with Crippen LogP contribution in [0.1, 0.15) is 0 Å². The van der Waals surface area contributed by atoms with E-state index in [1.54, 1.807) is 40.9 Å². The molecule has 17 heavy (non-hydrogen) atoms. The standard InChI is InChI=1S/C12H9FN4/c13-10-4-2-1-3-9(10)12-16-15-11-6-5-8(14)7-17(11)12/h1-7H,14H2. The van der Waals surface area contributed by atoms with Gasteiger partial charge in [-0.1, -0.05) is 12.1 Å². The summed E-state index contributed by atoms with van der Waals surface area (Å²) in [5.74, 6) is 0.120. The molecule has 2 heterocycles. The average Bonchev–Trinajstić information content (AvgIpc) is 2.72. The minimum absolute atomic E-state index is 0.329. The molecule has 0 saturated heterocycles. The fourth-order valence-electron chi connectivity index (χ4n) is 1.73. The van der Waals surface area contributed by atoms with Crippen LogP contribution in [-0.2, 0) is 0 Å². The molecule has 2 aromatic heterocycles. The van der Waals surface area contributed by atoms with Crippen molar-refractivity contribution < 1.29 is 4.39 Å². The Morgan fingerprint density at radius 3 is 2.71 bits per heavy atom. The molecule has 3 rings (SSSR count). The van der Waals surface area contributed by atoms with Crippen molar-refractivity contribution in [1.82, 2.24) is 14.6 Å². The summed E-state index contributed by atoms with van der Waals surface area (Å²) in [6.45, 7) is 0. The van der Waals surface area contributed by atoms with E-state index in [4.69, 9.17) is 5.73 Å². The zero-order valence-corrected chi connectivity index (χ0v) is 8.84.